The zero-order chi connectivity index (χ0) is 7.99. The Bertz CT molecular complexity index is 143. The van der Waals surface area contributed by atoms with E-state index in [9.17, 15) is 8.78 Å². The summed E-state index contributed by atoms with van der Waals surface area (Å²) in [6.07, 6.45) is -0.0312. The number of halogens is 2. The van der Waals surface area contributed by atoms with Crippen molar-refractivity contribution in [1.82, 2.24) is 0 Å². The highest BCUT2D eigenvalue weighted by molar-refractivity contribution is 5.02. The third-order valence-corrected chi connectivity index (χ3v) is 2.75. The van der Waals surface area contributed by atoms with Crippen molar-refractivity contribution < 1.29 is 8.78 Å². The summed E-state index contributed by atoms with van der Waals surface area (Å²) in [5, 5.41) is 0. The molecule has 1 nitrogen and oxygen atoms in total. The van der Waals surface area contributed by atoms with Gasteiger partial charge in [0, 0.05) is 11.8 Å². The maximum absolute atomic E-state index is 12.7. The van der Waals surface area contributed by atoms with Crippen LogP contribution in [0.4, 0.5) is 8.78 Å². The Morgan fingerprint density at radius 3 is 2.10 bits per heavy atom. The summed E-state index contributed by atoms with van der Waals surface area (Å²) in [4.78, 5) is 0. The zero-order valence-corrected chi connectivity index (χ0v) is 6.32. The fourth-order valence-electron chi connectivity index (χ4n) is 1.37. The van der Waals surface area contributed by atoms with Crippen LogP contribution >= 0.6 is 0 Å². The molecule has 0 aliphatic heterocycles. The molecule has 0 radical (unpaired) electrons. The Hall–Kier alpha value is -0.180. The lowest BCUT2D eigenvalue weighted by molar-refractivity contribution is -0.223. The summed E-state index contributed by atoms with van der Waals surface area (Å²) >= 11 is 0. The number of rotatable bonds is 1. The molecule has 0 saturated heterocycles. The van der Waals surface area contributed by atoms with Crippen LogP contribution in [0.5, 0.6) is 0 Å². The van der Waals surface area contributed by atoms with Crippen LogP contribution in [0.25, 0.3) is 0 Å². The quantitative estimate of drug-likeness (QED) is 0.602. The van der Waals surface area contributed by atoms with Crippen molar-refractivity contribution >= 4 is 0 Å². The highest BCUT2D eigenvalue weighted by Crippen LogP contribution is 2.57. The van der Waals surface area contributed by atoms with Gasteiger partial charge >= 0.3 is 0 Å². The molecular formula is C7H13F2N. The van der Waals surface area contributed by atoms with Crippen LogP contribution in [0.2, 0.25) is 0 Å². The van der Waals surface area contributed by atoms with Gasteiger partial charge in [0.05, 0.1) is 0 Å². The van der Waals surface area contributed by atoms with E-state index in [1.165, 1.54) is 0 Å². The van der Waals surface area contributed by atoms with Crippen LogP contribution < -0.4 is 5.73 Å². The summed E-state index contributed by atoms with van der Waals surface area (Å²) in [6.45, 7) is 3.53. The Balaban J connectivity index is 2.65. The van der Waals surface area contributed by atoms with Crippen molar-refractivity contribution in [3.8, 4) is 0 Å². The normalized spacial score (nSPS) is 35.1. The van der Waals surface area contributed by atoms with E-state index in [4.69, 9.17) is 5.73 Å². The van der Waals surface area contributed by atoms with Crippen molar-refractivity contribution in [2.75, 3.05) is 6.54 Å². The second-order valence-electron chi connectivity index (χ2n) is 3.56. The lowest BCUT2D eigenvalue weighted by Crippen LogP contribution is -2.57. The first-order valence-corrected chi connectivity index (χ1v) is 3.49. The molecule has 1 aliphatic rings. The van der Waals surface area contributed by atoms with Crippen LogP contribution in [-0.2, 0) is 0 Å². The molecule has 0 aromatic carbocycles. The zero-order valence-electron chi connectivity index (χ0n) is 6.32. The van der Waals surface area contributed by atoms with E-state index in [-0.39, 0.29) is 12.3 Å². The number of nitrogens with two attached hydrogens (primary N) is 1. The molecule has 60 valence electrons. The predicted octanol–water partition coefficient (Wildman–Crippen LogP) is 1.63. The predicted molar refractivity (Wildman–Crippen MR) is 35.9 cm³/mol. The van der Waals surface area contributed by atoms with Crippen molar-refractivity contribution in [3.63, 3.8) is 0 Å². The molecule has 1 unspecified atom stereocenters. The van der Waals surface area contributed by atoms with E-state index >= 15 is 0 Å². The van der Waals surface area contributed by atoms with Crippen LogP contribution in [-0.4, -0.2) is 12.5 Å². The lowest BCUT2D eigenvalue weighted by atomic mass is 9.59. The first kappa shape index (κ1) is 7.92. The van der Waals surface area contributed by atoms with Gasteiger partial charge in [-0.1, -0.05) is 13.8 Å². The minimum absolute atomic E-state index is 0.00231. The molecule has 10 heavy (non-hydrogen) atoms. The van der Waals surface area contributed by atoms with Crippen LogP contribution in [0, 0.1) is 11.3 Å². The molecule has 0 aromatic heterocycles. The molecule has 0 heterocycles. The standard InChI is InChI=1S/C7H13F2N/c1-6(2)5(4-10)3-7(6,8)9/h5H,3-4,10H2,1-2H3. The van der Waals surface area contributed by atoms with Crippen molar-refractivity contribution in [3.05, 3.63) is 0 Å². The average molecular weight is 149 g/mol. The van der Waals surface area contributed by atoms with E-state index in [1.807, 2.05) is 0 Å². The molecule has 1 atom stereocenters. The van der Waals surface area contributed by atoms with E-state index in [1.54, 1.807) is 13.8 Å². The van der Waals surface area contributed by atoms with E-state index in [2.05, 4.69) is 0 Å². The average Bonchev–Trinajstić information content (AvgIpc) is 1.83. The summed E-state index contributed by atoms with van der Waals surface area (Å²) in [5.41, 5.74) is 4.42. The molecule has 2 N–H and O–H groups in total. The minimum Gasteiger partial charge on any atom is -0.330 e. The van der Waals surface area contributed by atoms with Gasteiger partial charge in [-0.05, 0) is 12.5 Å². The van der Waals surface area contributed by atoms with Gasteiger partial charge < -0.3 is 5.73 Å². The molecular weight excluding hydrogens is 136 g/mol. The SMILES string of the molecule is CC1(C)C(CN)CC1(F)F. The van der Waals surface area contributed by atoms with Gasteiger partial charge in [0.1, 0.15) is 0 Å². The highest BCUT2D eigenvalue weighted by atomic mass is 19.3. The summed E-state index contributed by atoms with van der Waals surface area (Å²) in [5.74, 6) is -2.49. The monoisotopic (exact) mass is 149 g/mol. The fraction of sp³-hybridized carbons (Fsp3) is 1.00. The third-order valence-electron chi connectivity index (χ3n) is 2.75. The molecule has 3 heteroatoms. The van der Waals surface area contributed by atoms with Gasteiger partial charge in [-0.15, -0.1) is 0 Å². The molecule has 0 amide bonds. The second kappa shape index (κ2) is 1.91. The largest absolute Gasteiger partial charge is 0.330 e. The second-order valence-corrected chi connectivity index (χ2v) is 3.56. The third kappa shape index (κ3) is 0.764. The minimum atomic E-state index is -2.49. The Morgan fingerprint density at radius 2 is 2.00 bits per heavy atom. The van der Waals surface area contributed by atoms with Gasteiger partial charge in [-0.2, -0.15) is 0 Å². The maximum atomic E-state index is 12.7. The molecule has 1 fully saturated rings. The molecule has 1 rings (SSSR count). The van der Waals surface area contributed by atoms with E-state index < -0.39 is 11.3 Å². The molecule has 1 aliphatic carbocycles. The lowest BCUT2D eigenvalue weighted by Gasteiger charge is -2.51. The molecule has 0 spiro atoms. The fourth-order valence-corrected chi connectivity index (χ4v) is 1.37. The van der Waals surface area contributed by atoms with E-state index in [0.717, 1.165) is 0 Å². The first-order valence-electron chi connectivity index (χ1n) is 3.49. The Kier molecular flexibility index (Phi) is 1.51. The number of hydrogen-bond acceptors (Lipinski definition) is 1. The smallest absolute Gasteiger partial charge is 0.253 e. The van der Waals surface area contributed by atoms with Crippen molar-refractivity contribution in [2.24, 2.45) is 17.1 Å². The van der Waals surface area contributed by atoms with Gasteiger partial charge in [0.15, 0.2) is 0 Å². The Labute approximate surface area is 59.6 Å². The number of hydrogen-bond donors (Lipinski definition) is 1. The first-order chi connectivity index (χ1) is 4.42. The molecule has 1 saturated carbocycles. The van der Waals surface area contributed by atoms with Gasteiger partial charge in [0.2, 0.25) is 0 Å². The summed E-state index contributed by atoms with van der Waals surface area (Å²) < 4.78 is 25.4. The van der Waals surface area contributed by atoms with Gasteiger partial charge in [-0.25, -0.2) is 8.78 Å². The molecule has 0 bridgehead atoms. The Morgan fingerprint density at radius 1 is 1.50 bits per heavy atom. The van der Waals surface area contributed by atoms with Gasteiger partial charge in [-0.3, -0.25) is 0 Å². The van der Waals surface area contributed by atoms with Crippen molar-refractivity contribution in [1.29, 1.82) is 0 Å². The summed E-state index contributed by atoms with van der Waals surface area (Å²) in [6, 6.07) is 0. The van der Waals surface area contributed by atoms with Crippen LogP contribution in [0.15, 0.2) is 0 Å². The maximum Gasteiger partial charge on any atom is 0.253 e. The molecule has 0 aromatic rings. The van der Waals surface area contributed by atoms with E-state index in [0.29, 0.717) is 6.54 Å². The van der Waals surface area contributed by atoms with Crippen LogP contribution in [0.3, 0.4) is 0 Å². The summed E-state index contributed by atoms with van der Waals surface area (Å²) in [7, 11) is 0. The number of alkyl halides is 2. The topological polar surface area (TPSA) is 26.0 Å². The van der Waals surface area contributed by atoms with Gasteiger partial charge in [0.25, 0.3) is 5.92 Å². The van der Waals surface area contributed by atoms with Crippen LogP contribution in [0.1, 0.15) is 20.3 Å². The highest BCUT2D eigenvalue weighted by Gasteiger charge is 2.61. The van der Waals surface area contributed by atoms with Crippen molar-refractivity contribution in [2.45, 2.75) is 26.2 Å².